The van der Waals surface area contributed by atoms with Gasteiger partial charge in [-0.05, 0) is 11.6 Å². The second kappa shape index (κ2) is 6.14. The maximum atomic E-state index is 12.3. The number of aliphatic hydroxyl groups is 4. The van der Waals surface area contributed by atoms with Crippen molar-refractivity contribution in [2.75, 3.05) is 13.2 Å². The summed E-state index contributed by atoms with van der Waals surface area (Å²) in [7, 11) is 0. The highest BCUT2D eigenvalue weighted by molar-refractivity contribution is 5.85. The normalized spacial score (nSPS) is 34.4. The highest BCUT2D eigenvalue weighted by Crippen LogP contribution is 2.50. The molecule has 142 valence electrons. The van der Waals surface area contributed by atoms with E-state index in [2.05, 4.69) is 0 Å². The third kappa shape index (κ3) is 2.44. The number of nitro groups is 1. The number of rotatable bonds is 5. The van der Waals surface area contributed by atoms with Crippen LogP contribution in [0.4, 0.5) is 0 Å². The van der Waals surface area contributed by atoms with Gasteiger partial charge in [0, 0.05) is 10.5 Å². The Balaban J connectivity index is 2.12. The fourth-order valence-corrected chi connectivity index (χ4v) is 3.43. The number of fused-ring (bicyclic) bond motifs is 1. The molecule has 26 heavy (non-hydrogen) atoms. The van der Waals surface area contributed by atoms with E-state index in [-0.39, 0.29) is 11.1 Å². The lowest BCUT2D eigenvalue weighted by Gasteiger charge is -2.36. The van der Waals surface area contributed by atoms with Crippen molar-refractivity contribution in [1.29, 1.82) is 0 Å². The first kappa shape index (κ1) is 18.5. The zero-order valence-electron chi connectivity index (χ0n) is 13.3. The van der Waals surface area contributed by atoms with Gasteiger partial charge in [-0.1, -0.05) is 12.1 Å². The monoisotopic (exact) mass is 371 g/mol. The van der Waals surface area contributed by atoms with E-state index in [4.69, 9.17) is 14.6 Å². The number of aromatic hydroxyl groups is 1. The number of aliphatic hydroxyl groups excluding tert-OH is 2. The van der Waals surface area contributed by atoms with Crippen LogP contribution in [0.5, 0.6) is 5.75 Å². The maximum absolute atomic E-state index is 12.3. The first-order valence-corrected chi connectivity index (χ1v) is 7.67. The van der Waals surface area contributed by atoms with Crippen LogP contribution >= 0.6 is 0 Å². The molecule has 5 atom stereocenters. The van der Waals surface area contributed by atoms with Gasteiger partial charge >= 0.3 is 5.97 Å². The molecule has 0 radical (unpaired) electrons. The van der Waals surface area contributed by atoms with Crippen LogP contribution in [0.2, 0.25) is 0 Å². The molecule has 2 heterocycles. The molecule has 1 aromatic carbocycles. The Morgan fingerprint density at radius 2 is 2.08 bits per heavy atom. The van der Waals surface area contributed by atoms with Gasteiger partial charge in [-0.15, -0.1) is 0 Å². The maximum Gasteiger partial charge on any atom is 0.345 e. The number of nitrogens with zero attached hydrogens (tertiary/aromatic N) is 1. The molecule has 11 nitrogen and oxygen atoms in total. The summed E-state index contributed by atoms with van der Waals surface area (Å²) in [6.07, 6.45) is -3.03. The SMILES string of the molecule is O=C1O[C@@H]2[C@@H](O)CO[C@]2(O)[C@@]1(O)C(C[N+](=O)[O-])c1ccc(CO)c(O)c1. The van der Waals surface area contributed by atoms with Crippen molar-refractivity contribution in [3.05, 3.63) is 39.4 Å². The molecule has 0 saturated carbocycles. The second-order valence-electron chi connectivity index (χ2n) is 6.28. The van der Waals surface area contributed by atoms with E-state index in [1.807, 2.05) is 0 Å². The number of benzene rings is 1. The second-order valence-corrected chi connectivity index (χ2v) is 6.28. The van der Waals surface area contributed by atoms with Crippen molar-refractivity contribution >= 4 is 5.97 Å². The van der Waals surface area contributed by atoms with Gasteiger partial charge in [-0.2, -0.15) is 0 Å². The van der Waals surface area contributed by atoms with Gasteiger partial charge in [-0.25, -0.2) is 4.79 Å². The summed E-state index contributed by atoms with van der Waals surface area (Å²) < 4.78 is 9.84. The summed E-state index contributed by atoms with van der Waals surface area (Å²) in [5, 5.41) is 61.6. The van der Waals surface area contributed by atoms with Gasteiger partial charge in [0.2, 0.25) is 17.9 Å². The van der Waals surface area contributed by atoms with E-state index < -0.39 is 65.9 Å². The minimum absolute atomic E-state index is 0.0603. The number of ether oxygens (including phenoxy) is 2. The summed E-state index contributed by atoms with van der Waals surface area (Å²) in [6, 6.07) is 3.55. The fourth-order valence-electron chi connectivity index (χ4n) is 3.43. The van der Waals surface area contributed by atoms with Crippen LogP contribution in [-0.4, -0.2) is 73.2 Å². The summed E-state index contributed by atoms with van der Waals surface area (Å²) in [5.74, 6) is -6.16. The van der Waals surface area contributed by atoms with E-state index in [0.29, 0.717) is 0 Å². The number of hydrogen-bond donors (Lipinski definition) is 5. The average molecular weight is 371 g/mol. The molecular formula is C15H17NO10. The van der Waals surface area contributed by atoms with Gasteiger partial charge in [0.25, 0.3) is 0 Å². The molecule has 2 aliphatic heterocycles. The summed E-state index contributed by atoms with van der Waals surface area (Å²) in [5.41, 5.74) is -2.83. The predicted octanol–water partition coefficient (Wildman–Crippen LogP) is -2.02. The van der Waals surface area contributed by atoms with Crippen molar-refractivity contribution in [2.24, 2.45) is 0 Å². The topological polar surface area (TPSA) is 180 Å². The van der Waals surface area contributed by atoms with E-state index in [0.717, 1.165) is 6.07 Å². The van der Waals surface area contributed by atoms with Crippen molar-refractivity contribution in [1.82, 2.24) is 0 Å². The summed E-state index contributed by atoms with van der Waals surface area (Å²) >= 11 is 0. The lowest BCUT2D eigenvalue weighted by atomic mass is 9.75. The van der Waals surface area contributed by atoms with E-state index >= 15 is 0 Å². The quantitative estimate of drug-likeness (QED) is 0.220. The van der Waals surface area contributed by atoms with Gasteiger partial charge in [-0.3, -0.25) is 10.1 Å². The van der Waals surface area contributed by atoms with Crippen LogP contribution in [0.1, 0.15) is 17.0 Å². The molecule has 0 spiro atoms. The fraction of sp³-hybridized carbons (Fsp3) is 0.533. The van der Waals surface area contributed by atoms with Gasteiger partial charge in [0.1, 0.15) is 11.9 Å². The predicted molar refractivity (Wildman–Crippen MR) is 80.4 cm³/mol. The summed E-state index contributed by atoms with van der Waals surface area (Å²) in [6.45, 7) is -1.95. The molecule has 2 aliphatic rings. The molecule has 11 heteroatoms. The first-order chi connectivity index (χ1) is 12.1. The molecule has 1 aromatic rings. The van der Waals surface area contributed by atoms with Gasteiger partial charge < -0.3 is 35.0 Å². The number of hydrogen-bond acceptors (Lipinski definition) is 10. The van der Waals surface area contributed by atoms with Crippen molar-refractivity contribution in [2.45, 2.75) is 36.1 Å². The van der Waals surface area contributed by atoms with Crippen LogP contribution in [0.25, 0.3) is 0 Å². The molecular weight excluding hydrogens is 354 g/mol. The zero-order valence-corrected chi connectivity index (χ0v) is 13.3. The van der Waals surface area contributed by atoms with E-state index in [9.17, 15) is 35.3 Å². The van der Waals surface area contributed by atoms with Crippen molar-refractivity contribution < 1.29 is 44.7 Å². The number of carbonyl (C=O) groups is 1. The molecule has 0 aromatic heterocycles. The number of phenols is 1. The Morgan fingerprint density at radius 3 is 2.65 bits per heavy atom. The van der Waals surface area contributed by atoms with Gasteiger partial charge in [0.05, 0.1) is 19.1 Å². The Morgan fingerprint density at radius 1 is 1.38 bits per heavy atom. The van der Waals surface area contributed by atoms with Crippen LogP contribution in [0.15, 0.2) is 18.2 Å². The zero-order chi connectivity index (χ0) is 19.3. The van der Waals surface area contributed by atoms with Crippen LogP contribution in [-0.2, 0) is 20.9 Å². The Labute approximate surface area is 146 Å². The molecule has 2 fully saturated rings. The Kier molecular flexibility index (Phi) is 4.37. The third-order valence-corrected chi connectivity index (χ3v) is 4.82. The molecule has 0 amide bonds. The van der Waals surface area contributed by atoms with Crippen LogP contribution in [0, 0.1) is 10.1 Å². The summed E-state index contributed by atoms with van der Waals surface area (Å²) in [4.78, 5) is 22.6. The highest BCUT2D eigenvalue weighted by atomic mass is 16.7. The highest BCUT2D eigenvalue weighted by Gasteiger charge is 2.76. The minimum Gasteiger partial charge on any atom is -0.508 e. The Bertz CT molecular complexity index is 754. The third-order valence-electron chi connectivity index (χ3n) is 4.82. The largest absolute Gasteiger partial charge is 0.508 e. The van der Waals surface area contributed by atoms with Crippen molar-refractivity contribution in [3.8, 4) is 5.75 Å². The van der Waals surface area contributed by atoms with E-state index in [1.54, 1.807) is 0 Å². The number of esters is 1. The lowest BCUT2D eigenvalue weighted by Crippen LogP contribution is -2.62. The Hall–Kier alpha value is -2.31. The van der Waals surface area contributed by atoms with Crippen LogP contribution < -0.4 is 0 Å². The molecule has 0 aliphatic carbocycles. The lowest BCUT2D eigenvalue weighted by molar-refractivity contribution is -0.489. The van der Waals surface area contributed by atoms with Crippen molar-refractivity contribution in [3.63, 3.8) is 0 Å². The van der Waals surface area contributed by atoms with Crippen LogP contribution in [0.3, 0.4) is 0 Å². The average Bonchev–Trinajstić information content (AvgIpc) is 2.98. The molecule has 2 saturated heterocycles. The first-order valence-electron chi connectivity index (χ1n) is 7.67. The van der Waals surface area contributed by atoms with E-state index in [1.165, 1.54) is 12.1 Å². The molecule has 1 unspecified atom stereocenters. The molecule has 5 N–H and O–H groups in total. The standard InChI is InChI=1S/C15H17NO10/c17-5-8-2-1-7(3-10(8)18)9(4-16(23)24)14(21)13(20)26-12-11(19)6-25-15(12,14)22/h1-3,9,11-12,17-19,21-22H,4-6H2/t9?,11-,12+,14+,15-/m0/s1. The minimum atomic E-state index is -2.89. The number of carbonyl (C=O) groups excluding carboxylic acids is 1. The molecule has 0 bridgehead atoms. The molecule has 3 rings (SSSR count). The smallest absolute Gasteiger partial charge is 0.345 e. The van der Waals surface area contributed by atoms with Gasteiger partial charge in [0.15, 0.2) is 6.10 Å².